The van der Waals surface area contributed by atoms with Crippen LogP contribution in [0, 0.1) is 0 Å². The number of alkyl halides is 3. The summed E-state index contributed by atoms with van der Waals surface area (Å²) in [5, 5.41) is 0. The average Bonchev–Trinajstić information content (AvgIpc) is 2.95. The van der Waals surface area contributed by atoms with Gasteiger partial charge in [-0.05, 0) is 24.3 Å². The van der Waals surface area contributed by atoms with Crippen LogP contribution in [0.3, 0.4) is 0 Å². The van der Waals surface area contributed by atoms with E-state index in [1.807, 2.05) is 0 Å². The Bertz CT molecular complexity index is 557. The van der Waals surface area contributed by atoms with E-state index in [1.54, 1.807) is 4.90 Å². The molecule has 5 nitrogen and oxygen atoms in total. The van der Waals surface area contributed by atoms with Crippen molar-refractivity contribution in [3.8, 4) is 5.75 Å². The molecular weight excluding hydrogens is 315 g/mol. The number of piperidine rings is 1. The lowest BCUT2D eigenvalue weighted by Crippen LogP contribution is -2.47. The van der Waals surface area contributed by atoms with Crippen molar-refractivity contribution in [3.63, 3.8) is 0 Å². The van der Waals surface area contributed by atoms with Crippen LogP contribution >= 0.6 is 0 Å². The van der Waals surface area contributed by atoms with Crippen LogP contribution < -0.4 is 4.74 Å². The SMILES string of the molecule is O=C(c1ccc(OC(F)(F)F)cc1)N1CCC2(CC1)OCCO2. The van der Waals surface area contributed by atoms with Crippen LogP contribution in [0.2, 0.25) is 0 Å². The van der Waals surface area contributed by atoms with Gasteiger partial charge in [0, 0.05) is 31.5 Å². The van der Waals surface area contributed by atoms with Crippen molar-refractivity contribution in [2.24, 2.45) is 0 Å². The van der Waals surface area contributed by atoms with E-state index in [2.05, 4.69) is 4.74 Å². The van der Waals surface area contributed by atoms with E-state index in [4.69, 9.17) is 9.47 Å². The molecule has 0 aliphatic carbocycles. The third kappa shape index (κ3) is 3.76. The summed E-state index contributed by atoms with van der Waals surface area (Å²) in [5.41, 5.74) is 0.323. The zero-order valence-electron chi connectivity index (χ0n) is 12.3. The number of ether oxygens (including phenoxy) is 3. The Labute approximate surface area is 130 Å². The first-order chi connectivity index (χ1) is 10.9. The van der Waals surface area contributed by atoms with Crippen molar-refractivity contribution < 1.29 is 32.2 Å². The molecule has 0 unspecified atom stereocenters. The van der Waals surface area contributed by atoms with Crippen molar-refractivity contribution in [2.75, 3.05) is 26.3 Å². The van der Waals surface area contributed by atoms with Crippen LogP contribution in [-0.2, 0) is 9.47 Å². The predicted octanol–water partition coefficient (Wildman–Crippen LogP) is 2.56. The van der Waals surface area contributed by atoms with Crippen molar-refractivity contribution >= 4 is 5.91 Å². The fourth-order valence-corrected chi connectivity index (χ4v) is 2.82. The number of hydrogen-bond donors (Lipinski definition) is 0. The van der Waals surface area contributed by atoms with Gasteiger partial charge in [-0.2, -0.15) is 0 Å². The molecule has 0 bridgehead atoms. The molecule has 0 N–H and O–H groups in total. The average molecular weight is 331 g/mol. The Hall–Kier alpha value is -1.80. The first-order valence-corrected chi connectivity index (χ1v) is 7.30. The highest BCUT2D eigenvalue weighted by atomic mass is 19.4. The quantitative estimate of drug-likeness (QED) is 0.836. The number of carbonyl (C=O) groups is 1. The number of benzene rings is 1. The fraction of sp³-hybridized carbons (Fsp3) is 0.533. The summed E-state index contributed by atoms with van der Waals surface area (Å²) in [6.45, 7) is 2.10. The van der Waals surface area contributed by atoms with Crippen LogP contribution in [-0.4, -0.2) is 49.3 Å². The molecule has 2 saturated heterocycles. The molecule has 1 spiro atoms. The topological polar surface area (TPSA) is 48.0 Å². The van der Waals surface area contributed by atoms with E-state index in [0.717, 1.165) is 12.1 Å². The number of amides is 1. The van der Waals surface area contributed by atoms with E-state index < -0.39 is 12.1 Å². The molecule has 2 fully saturated rings. The smallest absolute Gasteiger partial charge is 0.406 e. The molecule has 2 heterocycles. The number of nitrogens with zero attached hydrogens (tertiary/aromatic N) is 1. The van der Waals surface area contributed by atoms with Gasteiger partial charge in [0.2, 0.25) is 0 Å². The lowest BCUT2D eigenvalue weighted by molar-refractivity contribution is -0.274. The van der Waals surface area contributed by atoms with E-state index in [-0.39, 0.29) is 11.7 Å². The van der Waals surface area contributed by atoms with Gasteiger partial charge in [-0.1, -0.05) is 0 Å². The number of carbonyl (C=O) groups excluding carboxylic acids is 1. The van der Waals surface area contributed by atoms with Crippen molar-refractivity contribution in [1.82, 2.24) is 4.90 Å². The van der Waals surface area contributed by atoms with Gasteiger partial charge in [0.25, 0.3) is 5.91 Å². The zero-order valence-corrected chi connectivity index (χ0v) is 12.3. The Morgan fingerprint density at radius 3 is 2.17 bits per heavy atom. The van der Waals surface area contributed by atoms with Gasteiger partial charge in [0.1, 0.15) is 5.75 Å². The highest BCUT2D eigenvalue weighted by molar-refractivity contribution is 5.94. The van der Waals surface area contributed by atoms with Crippen LogP contribution in [0.15, 0.2) is 24.3 Å². The van der Waals surface area contributed by atoms with Crippen LogP contribution in [0.4, 0.5) is 13.2 Å². The lowest BCUT2D eigenvalue weighted by Gasteiger charge is -2.37. The normalized spacial score (nSPS) is 20.7. The number of hydrogen-bond acceptors (Lipinski definition) is 4. The number of likely N-dealkylation sites (tertiary alicyclic amines) is 1. The highest BCUT2D eigenvalue weighted by Gasteiger charge is 2.40. The maximum Gasteiger partial charge on any atom is 0.573 e. The second kappa shape index (κ2) is 6.01. The zero-order chi connectivity index (χ0) is 16.5. The molecule has 0 radical (unpaired) electrons. The maximum absolute atomic E-state index is 12.4. The lowest BCUT2D eigenvalue weighted by atomic mass is 10.0. The Balaban J connectivity index is 1.60. The third-order valence-corrected chi connectivity index (χ3v) is 3.96. The van der Waals surface area contributed by atoms with Crippen LogP contribution in [0.25, 0.3) is 0 Å². The Morgan fingerprint density at radius 2 is 1.65 bits per heavy atom. The molecular formula is C15H16F3NO4. The summed E-state index contributed by atoms with van der Waals surface area (Å²) >= 11 is 0. The van der Waals surface area contributed by atoms with Crippen LogP contribution in [0.5, 0.6) is 5.75 Å². The van der Waals surface area contributed by atoms with Gasteiger partial charge >= 0.3 is 6.36 Å². The summed E-state index contributed by atoms with van der Waals surface area (Å²) in [5.74, 6) is -1.14. The molecule has 1 aromatic rings. The van der Waals surface area contributed by atoms with Crippen LogP contribution in [0.1, 0.15) is 23.2 Å². The minimum Gasteiger partial charge on any atom is -0.406 e. The molecule has 1 amide bonds. The predicted molar refractivity (Wildman–Crippen MR) is 72.9 cm³/mol. The molecule has 8 heteroatoms. The number of halogens is 3. The molecule has 0 aromatic heterocycles. The monoisotopic (exact) mass is 331 g/mol. The Kier molecular flexibility index (Phi) is 4.20. The van der Waals surface area contributed by atoms with Crippen molar-refractivity contribution in [3.05, 3.63) is 29.8 Å². The molecule has 2 aliphatic heterocycles. The number of rotatable bonds is 2. The van der Waals surface area contributed by atoms with Gasteiger partial charge in [0.15, 0.2) is 5.79 Å². The van der Waals surface area contributed by atoms with Crippen molar-refractivity contribution in [1.29, 1.82) is 0 Å². The summed E-state index contributed by atoms with van der Waals surface area (Å²) in [7, 11) is 0. The molecule has 3 rings (SSSR count). The van der Waals surface area contributed by atoms with E-state index in [1.165, 1.54) is 12.1 Å². The highest BCUT2D eigenvalue weighted by Crippen LogP contribution is 2.32. The standard InChI is InChI=1S/C15H16F3NO4/c16-15(17,18)23-12-3-1-11(2-4-12)13(20)19-7-5-14(6-8-19)21-9-10-22-14/h1-4H,5-10H2. The first kappa shape index (κ1) is 16.1. The fourth-order valence-electron chi connectivity index (χ4n) is 2.82. The minimum absolute atomic E-state index is 0.226. The second-order valence-electron chi connectivity index (χ2n) is 5.47. The van der Waals surface area contributed by atoms with E-state index in [9.17, 15) is 18.0 Å². The summed E-state index contributed by atoms with van der Waals surface area (Å²) < 4.78 is 51.3. The molecule has 126 valence electrons. The summed E-state index contributed by atoms with van der Waals surface area (Å²) in [4.78, 5) is 14.0. The molecule has 1 aromatic carbocycles. The first-order valence-electron chi connectivity index (χ1n) is 7.30. The van der Waals surface area contributed by atoms with Gasteiger partial charge in [-0.15, -0.1) is 13.2 Å². The van der Waals surface area contributed by atoms with Gasteiger partial charge in [0.05, 0.1) is 13.2 Å². The Morgan fingerprint density at radius 1 is 1.09 bits per heavy atom. The molecule has 23 heavy (non-hydrogen) atoms. The molecule has 0 atom stereocenters. The van der Waals surface area contributed by atoms with E-state index >= 15 is 0 Å². The van der Waals surface area contributed by atoms with Gasteiger partial charge in [-0.3, -0.25) is 4.79 Å². The molecule has 2 aliphatic rings. The maximum atomic E-state index is 12.4. The summed E-state index contributed by atoms with van der Waals surface area (Å²) in [6, 6.07) is 4.93. The van der Waals surface area contributed by atoms with E-state index in [0.29, 0.717) is 44.7 Å². The summed E-state index contributed by atoms with van der Waals surface area (Å²) in [6.07, 6.45) is -3.56. The largest absolute Gasteiger partial charge is 0.573 e. The van der Waals surface area contributed by atoms with Gasteiger partial charge in [-0.25, -0.2) is 0 Å². The second-order valence-corrected chi connectivity index (χ2v) is 5.47. The van der Waals surface area contributed by atoms with Gasteiger partial charge < -0.3 is 19.1 Å². The van der Waals surface area contributed by atoms with Crippen molar-refractivity contribution in [2.45, 2.75) is 25.0 Å². The molecule has 0 saturated carbocycles. The third-order valence-electron chi connectivity index (χ3n) is 3.96. The minimum atomic E-state index is -4.74.